The third-order valence-electron chi connectivity index (χ3n) is 4.35. The molecule has 3 nitrogen and oxygen atoms in total. The lowest BCUT2D eigenvalue weighted by molar-refractivity contribution is 0.569. The average Bonchev–Trinajstić information content (AvgIpc) is 2.88. The molecule has 24 heavy (non-hydrogen) atoms. The summed E-state index contributed by atoms with van der Waals surface area (Å²) in [6.07, 6.45) is 14.8. The molecule has 0 spiro atoms. The number of hydrogen-bond acceptors (Lipinski definition) is 3. The molecule has 0 aliphatic rings. The van der Waals surface area contributed by atoms with Crippen LogP contribution >= 0.6 is 11.5 Å². The lowest BCUT2D eigenvalue weighted by Crippen LogP contribution is -2.08. The van der Waals surface area contributed by atoms with Crippen molar-refractivity contribution in [2.75, 3.05) is 0 Å². The minimum absolute atomic E-state index is 0.00188. The summed E-state index contributed by atoms with van der Waals surface area (Å²) in [5.41, 5.74) is 1.12. The van der Waals surface area contributed by atoms with Gasteiger partial charge in [0.2, 0.25) is 0 Å². The van der Waals surface area contributed by atoms with Gasteiger partial charge in [0, 0.05) is 6.21 Å². The van der Waals surface area contributed by atoms with Crippen molar-refractivity contribution in [2.24, 2.45) is 5.10 Å². The highest BCUT2D eigenvalue weighted by Gasteiger charge is 2.06. The highest BCUT2D eigenvalue weighted by molar-refractivity contribution is 7.13. The Morgan fingerprint density at radius 3 is 2.42 bits per heavy atom. The van der Waals surface area contributed by atoms with Gasteiger partial charge in [-0.25, -0.2) is 0 Å². The molecule has 0 unspecified atom stereocenters. The van der Waals surface area contributed by atoms with Gasteiger partial charge in [0.15, 0.2) is 0 Å². The Bertz CT molecular complexity index is 699. The van der Waals surface area contributed by atoms with Crippen molar-refractivity contribution in [1.82, 2.24) is 4.07 Å². The molecule has 0 saturated carbocycles. The van der Waals surface area contributed by atoms with Crippen LogP contribution in [0.3, 0.4) is 0 Å². The topological polar surface area (TPSA) is 34.4 Å². The molecular weight excluding hydrogens is 316 g/mol. The molecule has 4 heteroatoms. The molecule has 0 bridgehead atoms. The quantitative estimate of drug-likeness (QED) is 0.356. The predicted molar refractivity (Wildman–Crippen MR) is 107 cm³/mol. The number of unbranched alkanes of at least 4 members (excludes halogenated alkanes) is 9. The number of aromatic nitrogens is 1. The number of benzene rings is 1. The average molecular weight is 347 g/mol. The van der Waals surface area contributed by atoms with Crippen LogP contribution in [-0.4, -0.2) is 10.3 Å². The van der Waals surface area contributed by atoms with Gasteiger partial charge in [-0.15, -0.1) is 4.07 Å². The first kappa shape index (κ1) is 18.9. The first-order valence-electron chi connectivity index (χ1n) is 9.38. The van der Waals surface area contributed by atoms with Gasteiger partial charge in [-0.3, -0.25) is 4.79 Å². The molecule has 0 atom stereocenters. The van der Waals surface area contributed by atoms with Crippen molar-refractivity contribution in [3.63, 3.8) is 0 Å². The first-order valence-corrected chi connectivity index (χ1v) is 10.1. The molecule has 1 aromatic carbocycles. The maximum Gasteiger partial charge on any atom is 0.289 e. The van der Waals surface area contributed by atoms with Crippen LogP contribution in [0.2, 0.25) is 0 Å². The zero-order valence-corrected chi connectivity index (χ0v) is 15.9. The Morgan fingerprint density at radius 2 is 1.71 bits per heavy atom. The molecule has 2 rings (SSSR count). The van der Waals surface area contributed by atoms with Gasteiger partial charge < -0.3 is 0 Å². The summed E-state index contributed by atoms with van der Waals surface area (Å²) >= 11 is 1.42. The van der Waals surface area contributed by atoms with Crippen LogP contribution in [0.15, 0.2) is 28.1 Å². The minimum atomic E-state index is 0.00188. The fourth-order valence-electron chi connectivity index (χ4n) is 2.88. The summed E-state index contributed by atoms with van der Waals surface area (Å²) < 4.78 is 2.52. The molecule has 1 heterocycles. The van der Waals surface area contributed by atoms with Gasteiger partial charge in [-0.1, -0.05) is 69.9 Å². The van der Waals surface area contributed by atoms with Crippen LogP contribution in [0.5, 0.6) is 0 Å². The summed E-state index contributed by atoms with van der Waals surface area (Å²) in [4.78, 5) is 12.3. The lowest BCUT2D eigenvalue weighted by atomic mass is 10.1. The minimum Gasteiger partial charge on any atom is -0.266 e. The summed E-state index contributed by atoms with van der Waals surface area (Å²) in [6.45, 7) is 4.27. The SMILES string of the molecule is CCCCCCCCCCC/C=N/n1sc2ccc(C)cc2c1=O. The fourth-order valence-corrected chi connectivity index (χ4v) is 3.74. The standard InChI is InChI=1S/C20H30N2OS/c1-3-4-5-6-7-8-9-10-11-12-15-21-22-20(23)18-16-17(2)13-14-19(18)24-22/h13-16H,3-12H2,1-2H3/b21-15+. The molecule has 2 aromatic rings. The third-order valence-corrected chi connectivity index (χ3v) is 5.33. The predicted octanol–water partition coefficient (Wildman–Crippen LogP) is 6.13. The zero-order chi connectivity index (χ0) is 17.2. The van der Waals surface area contributed by atoms with Crippen molar-refractivity contribution in [2.45, 2.75) is 78.1 Å². The molecule has 0 amide bonds. The van der Waals surface area contributed by atoms with E-state index in [0.29, 0.717) is 0 Å². The Morgan fingerprint density at radius 1 is 1.04 bits per heavy atom. The van der Waals surface area contributed by atoms with Crippen LogP contribution in [0.25, 0.3) is 10.1 Å². The number of hydrogen-bond donors (Lipinski definition) is 0. The molecule has 0 aliphatic carbocycles. The van der Waals surface area contributed by atoms with E-state index >= 15 is 0 Å². The molecular formula is C20H30N2OS. The summed E-state index contributed by atoms with van der Waals surface area (Å²) in [5.74, 6) is 0. The number of aryl methyl sites for hydroxylation is 1. The van der Waals surface area contributed by atoms with Crippen LogP contribution in [0.1, 0.15) is 76.7 Å². The summed E-state index contributed by atoms with van der Waals surface area (Å²) in [6, 6.07) is 5.98. The number of fused-ring (bicyclic) bond motifs is 1. The van der Waals surface area contributed by atoms with Gasteiger partial charge in [-0.2, -0.15) is 5.10 Å². The Hall–Kier alpha value is -1.42. The highest BCUT2D eigenvalue weighted by atomic mass is 32.1. The van der Waals surface area contributed by atoms with E-state index in [1.807, 2.05) is 31.3 Å². The van der Waals surface area contributed by atoms with E-state index in [2.05, 4.69) is 12.0 Å². The van der Waals surface area contributed by atoms with E-state index in [9.17, 15) is 4.79 Å². The van der Waals surface area contributed by atoms with Gasteiger partial charge in [0.1, 0.15) is 0 Å². The van der Waals surface area contributed by atoms with E-state index in [-0.39, 0.29) is 5.56 Å². The molecule has 0 fully saturated rings. The normalized spacial score (nSPS) is 11.8. The van der Waals surface area contributed by atoms with Gasteiger partial charge in [0.05, 0.1) is 10.1 Å². The Balaban J connectivity index is 1.66. The Kier molecular flexibility index (Phi) is 8.23. The van der Waals surface area contributed by atoms with Crippen LogP contribution in [0, 0.1) is 6.92 Å². The molecule has 1 aromatic heterocycles. The second-order valence-corrected chi connectivity index (χ2v) is 7.55. The maximum atomic E-state index is 12.3. The van der Waals surface area contributed by atoms with Crippen LogP contribution < -0.4 is 5.56 Å². The second-order valence-electron chi connectivity index (χ2n) is 6.58. The summed E-state index contributed by atoms with van der Waals surface area (Å²) in [5, 5.41) is 5.12. The third kappa shape index (κ3) is 5.90. The van der Waals surface area contributed by atoms with Gasteiger partial charge >= 0.3 is 0 Å². The van der Waals surface area contributed by atoms with Crippen molar-refractivity contribution < 1.29 is 0 Å². The van der Waals surface area contributed by atoms with Crippen LogP contribution in [-0.2, 0) is 0 Å². The smallest absolute Gasteiger partial charge is 0.266 e. The number of rotatable bonds is 11. The second kappa shape index (κ2) is 10.4. The molecule has 0 radical (unpaired) electrons. The van der Waals surface area contributed by atoms with Crippen LogP contribution in [0.4, 0.5) is 0 Å². The molecule has 0 aliphatic heterocycles. The van der Waals surface area contributed by atoms with E-state index in [4.69, 9.17) is 0 Å². The Labute approximate surface area is 149 Å². The zero-order valence-electron chi connectivity index (χ0n) is 15.1. The summed E-state index contributed by atoms with van der Waals surface area (Å²) in [7, 11) is 0. The van der Waals surface area contributed by atoms with E-state index in [0.717, 1.165) is 28.5 Å². The maximum absolute atomic E-state index is 12.3. The van der Waals surface area contributed by atoms with Gasteiger partial charge in [0.25, 0.3) is 5.56 Å². The molecule has 0 saturated heterocycles. The number of nitrogens with zero attached hydrogens (tertiary/aromatic N) is 2. The molecule has 132 valence electrons. The van der Waals surface area contributed by atoms with Crippen molar-refractivity contribution >= 4 is 27.8 Å². The highest BCUT2D eigenvalue weighted by Crippen LogP contribution is 2.17. The van der Waals surface area contributed by atoms with E-state index in [1.165, 1.54) is 67.0 Å². The van der Waals surface area contributed by atoms with Gasteiger partial charge in [-0.05, 0) is 43.4 Å². The fraction of sp³-hybridized carbons (Fsp3) is 0.600. The van der Waals surface area contributed by atoms with Crippen molar-refractivity contribution in [3.05, 3.63) is 34.1 Å². The van der Waals surface area contributed by atoms with Crippen molar-refractivity contribution in [3.8, 4) is 0 Å². The largest absolute Gasteiger partial charge is 0.289 e. The lowest BCUT2D eigenvalue weighted by Gasteiger charge is -2.00. The molecule has 0 N–H and O–H groups in total. The first-order chi connectivity index (χ1) is 11.7. The van der Waals surface area contributed by atoms with E-state index in [1.54, 1.807) is 0 Å². The van der Waals surface area contributed by atoms with Crippen molar-refractivity contribution in [1.29, 1.82) is 0 Å². The monoisotopic (exact) mass is 346 g/mol. The van der Waals surface area contributed by atoms with E-state index < -0.39 is 0 Å².